The summed E-state index contributed by atoms with van der Waals surface area (Å²) in [5.74, 6) is 0.752. The van der Waals surface area contributed by atoms with Crippen molar-refractivity contribution >= 4 is 0 Å². The van der Waals surface area contributed by atoms with E-state index in [0.29, 0.717) is 12.1 Å². The first-order valence-electron chi connectivity index (χ1n) is 6.57. The maximum absolute atomic E-state index is 5.64. The molecule has 96 valence electrons. The van der Waals surface area contributed by atoms with E-state index < -0.39 is 0 Å². The lowest BCUT2D eigenvalue weighted by Gasteiger charge is -2.25. The van der Waals surface area contributed by atoms with E-state index in [-0.39, 0.29) is 0 Å². The minimum absolute atomic E-state index is 0.455. The first kappa shape index (κ1) is 13.9. The van der Waals surface area contributed by atoms with Crippen LogP contribution in [0.3, 0.4) is 0 Å². The van der Waals surface area contributed by atoms with Gasteiger partial charge in [0.05, 0.1) is 6.10 Å². The van der Waals surface area contributed by atoms with Gasteiger partial charge in [0.15, 0.2) is 0 Å². The molecule has 0 radical (unpaired) electrons. The fraction of sp³-hybridized carbons (Fsp3) is 1.00. The number of rotatable bonds is 7. The molecular formula is C13H28N2O. The second-order valence-electron chi connectivity index (χ2n) is 5.63. The van der Waals surface area contributed by atoms with Gasteiger partial charge in [0.1, 0.15) is 0 Å². The average Bonchev–Trinajstić information content (AvgIpc) is 2.64. The van der Waals surface area contributed by atoms with Crippen LogP contribution in [0.2, 0.25) is 0 Å². The van der Waals surface area contributed by atoms with Gasteiger partial charge in [0.2, 0.25) is 0 Å². The van der Waals surface area contributed by atoms with Crippen LogP contribution in [0.1, 0.15) is 33.1 Å². The summed E-state index contributed by atoms with van der Waals surface area (Å²) in [7, 11) is 4.28. The van der Waals surface area contributed by atoms with Gasteiger partial charge in [-0.25, -0.2) is 0 Å². The van der Waals surface area contributed by atoms with Gasteiger partial charge in [-0.05, 0) is 39.3 Å². The maximum Gasteiger partial charge on any atom is 0.0700 e. The lowest BCUT2D eigenvalue weighted by atomic mass is 10.0. The number of ether oxygens (including phenoxy) is 1. The lowest BCUT2D eigenvalue weighted by Crippen LogP contribution is -2.42. The average molecular weight is 228 g/mol. The zero-order valence-corrected chi connectivity index (χ0v) is 11.3. The highest BCUT2D eigenvalue weighted by molar-refractivity contribution is 4.75. The summed E-state index contributed by atoms with van der Waals surface area (Å²) in [6.45, 7) is 7.66. The molecule has 1 rings (SSSR count). The van der Waals surface area contributed by atoms with Crippen molar-refractivity contribution in [3.05, 3.63) is 0 Å². The minimum atomic E-state index is 0.455. The van der Waals surface area contributed by atoms with E-state index in [1.165, 1.54) is 19.3 Å². The summed E-state index contributed by atoms with van der Waals surface area (Å²) in [6.07, 6.45) is 4.15. The highest BCUT2D eigenvalue weighted by Gasteiger charge is 2.18. The van der Waals surface area contributed by atoms with Crippen LogP contribution in [0.15, 0.2) is 0 Å². The third-order valence-electron chi connectivity index (χ3n) is 3.00. The largest absolute Gasteiger partial charge is 0.377 e. The van der Waals surface area contributed by atoms with E-state index in [2.05, 4.69) is 38.2 Å². The molecule has 1 heterocycles. The van der Waals surface area contributed by atoms with Crippen molar-refractivity contribution in [2.24, 2.45) is 5.92 Å². The molecule has 1 fully saturated rings. The van der Waals surface area contributed by atoms with Crippen LogP contribution in [-0.4, -0.2) is 50.8 Å². The van der Waals surface area contributed by atoms with Crippen LogP contribution in [0.4, 0.5) is 0 Å². The molecule has 0 saturated carbocycles. The van der Waals surface area contributed by atoms with Gasteiger partial charge in [-0.2, -0.15) is 0 Å². The Kier molecular flexibility index (Phi) is 6.32. The molecule has 0 spiro atoms. The summed E-state index contributed by atoms with van der Waals surface area (Å²) in [5, 5.41) is 3.66. The molecule has 0 aliphatic carbocycles. The van der Waals surface area contributed by atoms with Gasteiger partial charge in [-0.15, -0.1) is 0 Å². The fourth-order valence-corrected chi connectivity index (χ4v) is 2.34. The van der Waals surface area contributed by atoms with E-state index in [1.807, 2.05) is 0 Å². The molecule has 0 aromatic rings. The molecule has 0 bridgehead atoms. The van der Waals surface area contributed by atoms with Crippen LogP contribution in [0, 0.1) is 5.92 Å². The Labute approximate surface area is 101 Å². The van der Waals surface area contributed by atoms with E-state index in [4.69, 9.17) is 4.74 Å². The molecule has 1 saturated heterocycles. The van der Waals surface area contributed by atoms with Crippen molar-refractivity contribution in [2.75, 3.05) is 33.8 Å². The molecule has 0 aromatic carbocycles. The number of hydrogen-bond donors (Lipinski definition) is 1. The topological polar surface area (TPSA) is 24.5 Å². The van der Waals surface area contributed by atoms with Crippen LogP contribution in [0.25, 0.3) is 0 Å². The Morgan fingerprint density at radius 1 is 1.38 bits per heavy atom. The minimum Gasteiger partial charge on any atom is -0.377 e. The van der Waals surface area contributed by atoms with E-state index in [1.54, 1.807) is 0 Å². The van der Waals surface area contributed by atoms with Crippen molar-refractivity contribution in [1.82, 2.24) is 10.2 Å². The smallest absolute Gasteiger partial charge is 0.0700 e. The zero-order chi connectivity index (χ0) is 12.0. The third kappa shape index (κ3) is 5.83. The van der Waals surface area contributed by atoms with E-state index in [9.17, 15) is 0 Å². The van der Waals surface area contributed by atoms with Crippen LogP contribution in [0.5, 0.6) is 0 Å². The Morgan fingerprint density at radius 3 is 2.62 bits per heavy atom. The predicted octanol–water partition coefficient (Wildman–Crippen LogP) is 1.73. The zero-order valence-electron chi connectivity index (χ0n) is 11.3. The standard InChI is InChI=1S/C13H28N2O/c1-11(2)8-12(10-15(3)4)14-9-13-6-5-7-16-13/h11-14H,5-10H2,1-4H3. The predicted molar refractivity (Wildman–Crippen MR) is 68.8 cm³/mol. The van der Waals surface area contributed by atoms with Gasteiger partial charge in [0, 0.05) is 25.7 Å². The molecular weight excluding hydrogens is 200 g/mol. The van der Waals surface area contributed by atoms with Gasteiger partial charge < -0.3 is 15.0 Å². The molecule has 0 aromatic heterocycles. The fourth-order valence-electron chi connectivity index (χ4n) is 2.34. The summed E-state index contributed by atoms with van der Waals surface area (Å²) in [4.78, 5) is 2.26. The van der Waals surface area contributed by atoms with E-state index >= 15 is 0 Å². The van der Waals surface area contributed by atoms with Crippen molar-refractivity contribution < 1.29 is 4.74 Å². The number of nitrogens with zero attached hydrogens (tertiary/aromatic N) is 1. The Balaban J connectivity index is 2.24. The van der Waals surface area contributed by atoms with E-state index in [0.717, 1.165) is 25.6 Å². The lowest BCUT2D eigenvalue weighted by molar-refractivity contribution is 0.105. The first-order valence-corrected chi connectivity index (χ1v) is 6.57. The van der Waals surface area contributed by atoms with Crippen molar-refractivity contribution in [3.63, 3.8) is 0 Å². The molecule has 2 atom stereocenters. The summed E-state index contributed by atoms with van der Waals surface area (Å²) < 4.78 is 5.64. The Hall–Kier alpha value is -0.120. The first-order chi connectivity index (χ1) is 7.58. The van der Waals surface area contributed by atoms with Crippen LogP contribution in [-0.2, 0) is 4.74 Å². The monoisotopic (exact) mass is 228 g/mol. The second kappa shape index (κ2) is 7.25. The highest BCUT2D eigenvalue weighted by atomic mass is 16.5. The summed E-state index contributed by atoms with van der Waals surface area (Å²) >= 11 is 0. The normalized spacial score (nSPS) is 23.2. The van der Waals surface area contributed by atoms with Gasteiger partial charge in [-0.3, -0.25) is 0 Å². The number of likely N-dealkylation sites (N-methyl/N-ethyl adjacent to an activating group) is 1. The van der Waals surface area contributed by atoms with Crippen LogP contribution < -0.4 is 5.32 Å². The molecule has 2 unspecified atom stereocenters. The maximum atomic E-state index is 5.64. The number of hydrogen-bond acceptors (Lipinski definition) is 3. The second-order valence-corrected chi connectivity index (χ2v) is 5.63. The molecule has 16 heavy (non-hydrogen) atoms. The molecule has 1 N–H and O–H groups in total. The highest BCUT2D eigenvalue weighted by Crippen LogP contribution is 2.12. The van der Waals surface area contributed by atoms with Gasteiger partial charge >= 0.3 is 0 Å². The Bertz CT molecular complexity index is 167. The molecule has 1 aliphatic heterocycles. The van der Waals surface area contributed by atoms with Crippen molar-refractivity contribution in [1.29, 1.82) is 0 Å². The molecule has 1 aliphatic rings. The number of nitrogens with one attached hydrogen (secondary N) is 1. The molecule has 0 amide bonds. The third-order valence-corrected chi connectivity index (χ3v) is 3.00. The van der Waals surface area contributed by atoms with Gasteiger partial charge in [0.25, 0.3) is 0 Å². The Morgan fingerprint density at radius 2 is 2.12 bits per heavy atom. The summed E-state index contributed by atoms with van der Waals surface area (Å²) in [5.41, 5.74) is 0. The summed E-state index contributed by atoms with van der Waals surface area (Å²) in [6, 6.07) is 0.596. The van der Waals surface area contributed by atoms with Crippen molar-refractivity contribution in [3.8, 4) is 0 Å². The van der Waals surface area contributed by atoms with Gasteiger partial charge in [-0.1, -0.05) is 13.8 Å². The van der Waals surface area contributed by atoms with Crippen molar-refractivity contribution in [2.45, 2.75) is 45.3 Å². The quantitative estimate of drug-likeness (QED) is 0.718. The SMILES string of the molecule is CC(C)CC(CN(C)C)NCC1CCCO1. The molecule has 3 heteroatoms. The molecule has 3 nitrogen and oxygen atoms in total. The van der Waals surface area contributed by atoms with Crippen LogP contribution >= 0.6 is 0 Å².